The maximum Gasteiger partial charge on any atom is 0.102 e. The van der Waals surface area contributed by atoms with Gasteiger partial charge in [0.15, 0.2) is 0 Å². The highest BCUT2D eigenvalue weighted by Gasteiger charge is 2.03. The summed E-state index contributed by atoms with van der Waals surface area (Å²) >= 11 is 5.11. The lowest BCUT2D eigenvalue weighted by molar-refractivity contribution is 1.05. The summed E-state index contributed by atoms with van der Waals surface area (Å²) < 4.78 is 1.14. The van der Waals surface area contributed by atoms with Crippen LogP contribution in [0.4, 0.5) is 0 Å². The van der Waals surface area contributed by atoms with Crippen LogP contribution in [0.25, 0.3) is 10.6 Å². The van der Waals surface area contributed by atoms with E-state index in [4.69, 9.17) is 0 Å². The second-order valence-electron chi connectivity index (χ2n) is 2.54. The van der Waals surface area contributed by atoms with E-state index in [0.29, 0.717) is 0 Å². The van der Waals surface area contributed by atoms with Crippen LogP contribution in [0.3, 0.4) is 0 Å². The van der Waals surface area contributed by atoms with E-state index in [1.54, 1.807) is 11.3 Å². The van der Waals surface area contributed by atoms with Gasteiger partial charge in [0.05, 0.1) is 8.66 Å². The number of aromatic amines is 1. The third-order valence-electron chi connectivity index (χ3n) is 1.53. The molecule has 4 heteroatoms. The second-order valence-corrected chi connectivity index (χ2v) is 5.00. The highest BCUT2D eigenvalue weighted by molar-refractivity contribution is 9.11. The summed E-state index contributed by atoms with van der Waals surface area (Å²) in [6.45, 7) is 2.00. The van der Waals surface area contributed by atoms with E-state index in [1.165, 1.54) is 4.88 Å². The van der Waals surface area contributed by atoms with Gasteiger partial charge in [0, 0.05) is 5.69 Å². The van der Waals surface area contributed by atoms with Crippen LogP contribution >= 0.6 is 27.3 Å². The summed E-state index contributed by atoms with van der Waals surface area (Å²) in [5.41, 5.74) is 2.11. The lowest BCUT2D eigenvalue weighted by atomic mass is 10.3. The van der Waals surface area contributed by atoms with Crippen LogP contribution in [-0.4, -0.2) is 10.2 Å². The lowest BCUT2D eigenvalue weighted by Crippen LogP contribution is -1.70. The number of hydrogen-bond donors (Lipinski definition) is 1. The first kappa shape index (κ1) is 8.01. The number of aromatic nitrogens is 2. The van der Waals surface area contributed by atoms with E-state index in [-0.39, 0.29) is 0 Å². The van der Waals surface area contributed by atoms with E-state index in [0.717, 1.165) is 15.2 Å². The van der Waals surface area contributed by atoms with Gasteiger partial charge in [-0.1, -0.05) is 0 Å². The molecule has 1 N–H and O–H groups in total. The summed E-state index contributed by atoms with van der Waals surface area (Å²) in [5, 5.41) is 7.08. The molecule has 0 amide bonds. The Balaban J connectivity index is 2.43. The van der Waals surface area contributed by atoms with Crippen molar-refractivity contribution in [2.75, 3.05) is 0 Å². The highest BCUT2D eigenvalue weighted by atomic mass is 79.9. The van der Waals surface area contributed by atoms with Crippen LogP contribution in [0.5, 0.6) is 0 Å². The fourth-order valence-corrected chi connectivity index (χ4v) is 2.34. The number of H-pyrrole nitrogens is 1. The Morgan fingerprint density at radius 3 is 2.83 bits per heavy atom. The topological polar surface area (TPSA) is 28.7 Å². The molecule has 0 aliphatic rings. The van der Waals surface area contributed by atoms with Crippen molar-refractivity contribution < 1.29 is 0 Å². The zero-order chi connectivity index (χ0) is 8.55. The summed E-state index contributed by atoms with van der Waals surface area (Å²) in [6.07, 6.45) is 0. The molecule has 0 saturated heterocycles. The van der Waals surface area contributed by atoms with Crippen LogP contribution in [0.1, 0.15) is 5.69 Å². The fourth-order valence-electron chi connectivity index (χ4n) is 0.996. The SMILES string of the molecule is Cc1cc(-c2ccc(Br)s2)n[nH]1. The summed E-state index contributed by atoms with van der Waals surface area (Å²) in [7, 11) is 0. The molecule has 2 aromatic heterocycles. The first-order valence-electron chi connectivity index (χ1n) is 3.53. The fraction of sp³-hybridized carbons (Fsp3) is 0.125. The first-order valence-corrected chi connectivity index (χ1v) is 5.14. The number of aryl methyl sites for hydroxylation is 1. The minimum Gasteiger partial charge on any atom is -0.282 e. The third-order valence-corrected chi connectivity index (χ3v) is 3.18. The van der Waals surface area contributed by atoms with Gasteiger partial charge in [-0.2, -0.15) is 5.10 Å². The van der Waals surface area contributed by atoms with Crippen LogP contribution in [0, 0.1) is 6.92 Å². The van der Waals surface area contributed by atoms with Crippen molar-refractivity contribution in [1.29, 1.82) is 0 Å². The van der Waals surface area contributed by atoms with Crippen LogP contribution in [0.15, 0.2) is 22.0 Å². The molecule has 0 unspecified atom stereocenters. The Labute approximate surface area is 82.8 Å². The Hall–Kier alpha value is -0.610. The second kappa shape index (κ2) is 3.03. The molecule has 0 aliphatic heterocycles. The number of nitrogens with zero attached hydrogens (tertiary/aromatic N) is 1. The minimum absolute atomic E-state index is 1.02. The summed E-state index contributed by atoms with van der Waals surface area (Å²) in [5.74, 6) is 0. The molecule has 2 aromatic rings. The van der Waals surface area contributed by atoms with Gasteiger partial charge in [-0.25, -0.2) is 0 Å². The van der Waals surface area contributed by atoms with E-state index in [9.17, 15) is 0 Å². The maximum absolute atomic E-state index is 4.16. The van der Waals surface area contributed by atoms with E-state index >= 15 is 0 Å². The average molecular weight is 243 g/mol. The van der Waals surface area contributed by atoms with Crippen molar-refractivity contribution in [2.45, 2.75) is 6.92 Å². The number of rotatable bonds is 1. The van der Waals surface area contributed by atoms with Gasteiger partial charge < -0.3 is 0 Å². The number of thiophene rings is 1. The van der Waals surface area contributed by atoms with E-state index in [1.807, 2.05) is 19.1 Å². The molecular formula is C8H7BrN2S. The molecule has 2 heterocycles. The molecule has 0 atom stereocenters. The Morgan fingerprint density at radius 1 is 1.50 bits per heavy atom. The molecule has 0 spiro atoms. The van der Waals surface area contributed by atoms with Crippen LogP contribution in [0.2, 0.25) is 0 Å². The Kier molecular flexibility index (Phi) is 2.02. The highest BCUT2D eigenvalue weighted by Crippen LogP contribution is 2.29. The van der Waals surface area contributed by atoms with Crippen LogP contribution in [-0.2, 0) is 0 Å². The Morgan fingerprint density at radius 2 is 2.33 bits per heavy atom. The van der Waals surface area contributed by atoms with Gasteiger partial charge in [-0.15, -0.1) is 11.3 Å². The standard InChI is InChI=1S/C8H7BrN2S/c1-5-4-6(11-10-5)7-2-3-8(9)12-7/h2-4H,1H3,(H,10,11). The van der Waals surface area contributed by atoms with Crippen molar-refractivity contribution in [3.63, 3.8) is 0 Å². The molecule has 12 heavy (non-hydrogen) atoms. The summed E-state index contributed by atoms with van der Waals surface area (Å²) in [4.78, 5) is 1.19. The van der Waals surface area contributed by atoms with Gasteiger partial charge in [-0.05, 0) is 41.1 Å². The number of nitrogens with one attached hydrogen (secondary N) is 1. The molecule has 0 aliphatic carbocycles. The van der Waals surface area contributed by atoms with E-state index in [2.05, 4.69) is 32.2 Å². The smallest absolute Gasteiger partial charge is 0.102 e. The zero-order valence-corrected chi connectivity index (χ0v) is 8.87. The minimum atomic E-state index is 1.02. The molecule has 0 fully saturated rings. The normalized spacial score (nSPS) is 10.5. The quantitative estimate of drug-likeness (QED) is 0.818. The van der Waals surface area contributed by atoms with Gasteiger partial charge in [0.25, 0.3) is 0 Å². The van der Waals surface area contributed by atoms with Gasteiger partial charge in [-0.3, -0.25) is 5.10 Å². The molecule has 2 rings (SSSR count). The molecule has 2 nitrogen and oxygen atoms in total. The number of hydrogen-bond acceptors (Lipinski definition) is 2. The zero-order valence-electron chi connectivity index (χ0n) is 6.47. The number of halogens is 1. The largest absolute Gasteiger partial charge is 0.282 e. The molecule has 62 valence electrons. The maximum atomic E-state index is 4.16. The van der Waals surface area contributed by atoms with Crippen molar-refractivity contribution in [3.8, 4) is 10.6 Å². The Bertz CT molecular complexity index is 353. The molecule has 0 aromatic carbocycles. The average Bonchev–Trinajstić information content (AvgIpc) is 2.58. The predicted molar refractivity (Wildman–Crippen MR) is 54.3 cm³/mol. The molecule has 0 bridgehead atoms. The van der Waals surface area contributed by atoms with Crippen LogP contribution < -0.4 is 0 Å². The first-order chi connectivity index (χ1) is 5.75. The van der Waals surface area contributed by atoms with Gasteiger partial charge >= 0.3 is 0 Å². The molecular weight excluding hydrogens is 236 g/mol. The lowest BCUT2D eigenvalue weighted by Gasteiger charge is -1.84. The van der Waals surface area contributed by atoms with Gasteiger partial charge in [0.1, 0.15) is 5.69 Å². The summed E-state index contributed by atoms with van der Waals surface area (Å²) in [6, 6.07) is 6.13. The predicted octanol–water partition coefficient (Wildman–Crippen LogP) is 3.21. The van der Waals surface area contributed by atoms with Gasteiger partial charge in [0.2, 0.25) is 0 Å². The van der Waals surface area contributed by atoms with Crippen molar-refractivity contribution in [3.05, 3.63) is 27.7 Å². The van der Waals surface area contributed by atoms with E-state index < -0.39 is 0 Å². The molecule has 0 saturated carbocycles. The monoisotopic (exact) mass is 242 g/mol. The molecule has 0 radical (unpaired) electrons. The van der Waals surface area contributed by atoms with Crippen molar-refractivity contribution in [1.82, 2.24) is 10.2 Å². The van der Waals surface area contributed by atoms with Crippen molar-refractivity contribution >= 4 is 27.3 Å². The third kappa shape index (κ3) is 1.44. The van der Waals surface area contributed by atoms with Crippen molar-refractivity contribution in [2.24, 2.45) is 0 Å².